The van der Waals surface area contributed by atoms with Crippen molar-refractivity contribution in [1.82, 2.24) is 10.7 Å². The second-order valence-electron chi connectivity index (χ2n) is 3.18. The minimum absolute atomic E-state index is 0.0165. The van der Waals surface area contributed by atoms with Crippen LogP contribution in [0, 0.1) is 0 Å². The summed E-state index contributed by atoms with van der Waals surface area (Å²) in [5.41, 5.74) is 0. The molecule has 0 saturated carbocycles. The quantitative estimate of drug-likeness (QED) is 0.253. The van der Waals surface area contributed by atoms with Crippen LogP contribution < -0.4 is 5.32 Å². The second kappa shape index (κ2) is 8.84. The molecule has 0 rings (SSSR count). The third-order valence-electron chi connectivity index (χ3n) is 1.82. The number of rotatable bonds is 9. The van der Waals surface area contributed by atoms with E-state index in [4.69, 9.17) is 20.6 Å². The van der Waals surface area contributed by atoms with Crippen molar-refractivity contribution in [3.63, 3.8) is 0 Å². The molecule has 0 aromatic rings. The van der Waals surface area contributed by atoms with E-state index in [9.17, 15) is 9.59 Å². The molecule has 9 nitrogen and oxygen atoms in total. The maximum atomic E-state index is 11.2. The first-order chi connectivity index (χ1) is 7.97. The molecule has 0 aliphatic carbocycles. The molecule has 1 amide bonds. The fraction of sp³-hybridized carbons (Fsp3) is 0.750. The third kappa shape index (κ3) is 8.54. The van der Waals surface area contributed by atoms with E-state index in [1.807, 2.05) is 0 Å². The predicted molar refractivity (Wildman–Crippen MR) is 51.9 cm³/mol. The lowest BCUT2D eigenvalue weighted by Gasteiger charge is -2.11. The van der Waals surface area contributed by atoms with Crippen LogP contribution in [0.15, 0.2) is 0 Å². The number of hydrogen-bond acceptors (Lipinski definition) is 7. The van der Waals surface area contributed by atoms with E-state index in [1.165, 1.54) is 0 Å². The van der Waals surface area contributed by atoms with Gasteiger partial charge in [0.15, 0.2) is 0 Å². The Labute approximate surface area is 97.1 Å². The molecule has 0 bridgehead atoms. The van der Waals surface area contributed by atoms with Gasteiger partial charge in [-0.15, -0.1) is 0 Å². The average Bonchev–Trinajstić information content (AvgIpc) is 2.24. The van der Waals surface area contributed by atoms with Crippen LogP contribution in [0.1, 0.15) is 19.3 Å². The standard InChI is InChI=1S/C8H16N2O7/c11-5-6(8(13)14)9-7(12)3-1-2-4-17-10(15)16/h6,11,15-16H,1-5H2,(H,9,12)(H,13,14). The monoisotopic (exact) mass is 252 g/mol. The Morgan fingerprint density at radius 1 is 1.29 bits per heavy atom. The van der Waals surface area contributed by atoms with E-state index in [0.717, 1.165) is 0 Å². The van der Waals surface area contributed by atoms with Gasteiger partial charge in [-0.1, -0.05) is 0 Å². The zero-order chi connectivity index (χ0) is 13.3. The van der Waals surface area contributed by atoms with Crippen LogP contribution in [-0.2, 0) is 14.4 Å². The molecule has 0 aliphatic rings. The number of hydrogen-bond donors (Lipinski definition) is 5. The number of carbonyl (C=O) groups is 2. The Morgan fingerprint density at radius 2 is 1.94 bits per heavy atom. The van der Waals surface area contributed by atoms with Crippen LogP contribution in [0.3, 0.4) is 0 Å². The summed E-state index contributed by atoms with van der Waals surface area (Å²) in [4.78, 5) is 25.9. The molecule has 100 valence electrons. The Hall–Kier alpha value is -1.26. The normalized spacial score (nSPS) is 12.5. The van der Waals surface area contributed by atoms with Crippen molar-refractivity contribution >= 4 is 11.9 Å². The molecule has 0 aromatic carbocycles. The Bertz CT molecular complexity index is 246. The number of aliphatic carboxylic acids is 1. The molecule has 0 spiro atoms. The molecule has 1 atom stereocenters. The van der Waals surface area contributed by atoms with E-state index in [1.54, 1.807) is 0 Å². The van der Waals surface area contributed by atoms with E-state index >= 15 is 0 Å². The second-order valence-corrected chi connectivity index (χ2v) is 3.18. The highest BCUT2D eigenvalue weighted by Gasteiger charge is 2.17. The number of amides is 1. The third-order valence-corrected chi connectivity index (χ3v) is 1.82. The minimum atomic E-state index is -1.31. The zero-order valence-corrected chi connectivity index (χ0v) is 9.07. The molecule has 0 fully saturated rings. The maximum Gasteiger partial charge on any atom is 0.328 e. The van der Waals surface area contributed by atoms with Crippen LogP contribution in [0.25, 0.3) is 0 Å². The van der Waals surface area contributed by atoms with Gasteiger partial charge in [-0.2, -0.15) is 0 Å². The number of carbonyl (C=O) groups excluding carboxylic acids is 1. The zero-order valence-electron chi connectivity index (χ0n) is 9.07. The molecule has 0 aromatic heterocycles. The van der Waals surface area contributed by atoms with Crippen molar-refractivity contribution in [3.8, 4) is 0 Å². The SMILES string of the molecule is O=C(CCCCON(O)O)NC(CO)C(=O)O. The van der Waals surface area contributed by atoms with E-state index in [0.29, 0.717) is 12.8 Å². The van der Waals surface area contributed by atoms with Gasteiger partial charge in [0.05, 0.1) is 18.6 Å². The molecule has 5 N–H and O–H groups in total. The van der Waals surface area contributed by atoms with Crippen LogP contribution in [-0.4, -0.2) is 57.1 Å². The van der Waals surface area contributed by atoms with Gasteiger partial charge in [0, 0.05) is 6.42 Å². The van der Waals surface area contributed by atoms with Crippen molar-refractivity contribution in [2.45, 2.75) is 25.3 Å². The Kier molecular flexibility index (Phi) is 8.19. The van der Waals surface area contributed by atoms with Gasteiger partial charge in [-0.05, 0) is 12.8 Å². The number of nitrogens with zero attached hydrogens (tertiary/aromatic N) is 1. The molecule has 17 heavy (non-hydrogen) atoms. The van der Waals surface area contributed by atoms with Crippen LogP contribution in [0.4, 0.5) is 0 Å². The molecule has 0 aliphatic heterocycles. The Balaban J connectivity index is 3.62. The van der Waals surface area contributed by atoms with Crippen molar-refractivity contribution < 1.29 is 35.1 Å². The van der Waals surface area contributed by atoms with Crippen molar-refractivity contribution in [2.75, 3.05) is 13.2 Å². The summed E-state index contributed by atoms with van der Waals surface area (Å²) >= 11 is 0. The molecular weight excluding hydrogens is 236 g/mol. The number of aliphatic hydroxyl groups excluding tert-OH is 1. The average molecular weight is 252 g/mol. The summed E-state index contributed by atoms with van der Waals surface area (Å²) in [6, 6.07) is -1.30. The van der Waals surface area contributed by atoms with Gasteiger partial charge in [-0.3, -0.25) is 20.0 Å². The summed E-state index contributed by atoms with van der Waals surface area (Å²) in [6.45, 7) is -0.656. The van der Waals surface area contributed by atoms with Crippen molar-refractivity contribution in [1.29, 1.82) is 0 Å². The number of aliphatic hydroxyl groups is 1. The van der Waals surface area contributed by atoms with E-state index in [2.05, 4.69) is 10.2 Å². The predicted octanol–water partition coefficient (Wildman–Crippen LogP) is -1.27. The van der Waals surface area contributed by atoms with Gasteiger partial charge in [0.1, 0.15) is 6.04 Å². The lowest BCUT2D eigenvalue weighted by molar-refractivity contribution is -0.492. The maximum absolute atomic E-state index is 11.2. The number of unbranched alkanes of at least 4 members (excludes halogenated alkanes) is 1. The largest absolute Gasteiger partial charge is 0.480 e. The summed E-state index contributed by atoms with van der Waals surface area (Å²) < 4.78 is 0. The lowest BCUT2D eigenvalue weighted by atomic mass is 10.2. The van der Waals surface area contributed by atoms with Crippen LogP contribution in [0.2, 0.25) is 0 Å². The highest BCUT2D eigenvalue weighted by atomic mass is 17.1. The summed E-state index contributed by atoms with van der Waals surface area (Å²) in [5, 5.41) is 35.2. The first-order valence-electron chi connectivity index (χ1n) is 4.91. The van der Waals surface area contributed by atoms with Gasteiger partial charge in [0.25, 0.3) is 0 Å². The first-order valence-corrected chi connectivity index (χ1v) is 4.91. The lowest BCUT2D eigenvalue weighted by Crippen LogP contribution is -2.43. The molecule has 0 radical (unpaired) electrons. The smallest absolute Gasteiger partial charge is 0.328 e. The number of carboxylic acid groups (broad SMARTS) is 1. The van der Waals surface area contributed by atoms with Gasteiger partial charge in [-0.25, -0.2) is 4.79 Å². The minimum Gasteiger partial charge on any atom is -0.480 e. The summed E-state index contributed by atoms with van der Waals surface area (Å²) in [5.74, 6) is -1.81. The summed E-state index contributed by atoms with van der Waals surface area (Å²) in [7, 11) is 0. The molecular formula is C8H16N2O7. The first kappa shape index (κ1) is 15.7. The van der Waals surface area contributed by atoms with Crippen molar-refractivity contribution in [2.24, 2.45) is 0 Å². The topological polar surface area (TPSA) is 140 Å². The van der Waals surface area contributed by atoms with Gasteiger partial charge < -0.3 is 15.5 Å². The van der Waals surface area contributed by atoms with Gasteiger partial charge >= 0.3 is 5.97 Å². The fourth-order valence-corrected chi connectivity index (χ4v) is 0.986. The summed E-state index contributed by atoms with van der Waals surface area (Å²) in [6.07, 6.45) is 0.837. The van der Waals surface area contributed by atoms with Gasteiger partial charge in [0.2, 0.25) is 5.91 Å². The van der Waals surface area contributed by atoms with E-state index < -0.39 is 29.9 Å². The fourth-order valence-electron chi connectivity index (χ4n) is 0.986. The highest BCUT2D eigenvalue weighted by molar-refractivity contribution is 5.83. The van der Waals surface area contributed by atoms with Crippen LogP contribution >= 0.6 is 0 Å². The number of nitrogens with one attached hydrogen (secondary N) is 1. The Morgan fingerprint density at radius 3 is 2.41 bits per heavy atom. The number of carboxylic acids is 1. The highest BCUT2D eigenvalue weighted by Crippen LogP contribution is 1.97. The molecule has 1 unspecified atom stereocenters. The van der Waals surface area contributed by atoms with Crippen molar-refractivity contribution in [3.05, 3.63) is 0 Å². The van der Waals surface area contributed by atoms with Crippen LogP contribution in [0.5, 0.6) is 0 Å². The van der Waals surface area contributed by atoms with E-state index in [-0.39, 0.29) is 13.0 Å². The molecule has 0 saturated heterocycles. The molecule has 9 heteroatoms. The molecule has 0 heterocycles.